The summed E-state index contributed by atoms with van der Waals surface area (Å²) in [6, 6.07) is 3.87. The summed E-state index contributed by atoms with van der Waals surface area (Å²) in [5.74, 6) is 6.43. The number of piperidine rings is 1. The second-order valence-corrected chi connectivity index (χ2v) is 12.0. The van der Waals surface area contributed by atoms with Crippen molar-refractivity contribution < 1.29 is 44.0 Å². The molecule has 1 aliphatic heterocycles. The van der Waals surface area contributed by atoms with Crippen LogP contribution >= 0.6 is 0 Å². The SMILES string of the molecule is C=N/C(=N/N(C)N)N(Cc1cc(C(F)(F)F)cc(C(F)(F)F)c1)Cc1cc(C(F)(F)F)ccc1C(CC)N1CCC(c2nc(CC)no2)CC1. The molecule has 0 saturated carbocycles. The topological polar surface area (TPSA) is 99.4 Å². The summed E-state index contributed by atoms with van der Waals surface area (Å²) in [5.41, 5.74) is -3.95. The summed E-state index contributed by atoms with van der Waals surface area (Å²) in [7, 11) is 1.28. The van der Waals surface area contributed by atoms with E-state index >= 15 is 0 Å². The molecule has 0 bridgehead atoms. The van der Waals surface area contributed by atoms with Gasteiger partial charge in [-0.15, -0.1) is 5.10 Å². The van der Waals surface area contributed by atoms with Gasteiger partial charge in [0.15, 0.2) is 5.82 Å². The number of nitrogens with zero attached hydrogens (tertiary/aromatic N) is 7. The number of guanidine groups is 1. The zero-order valence-electron chi connectivity index (χ0n) is 27.5. The fourth-order valence-corrected chi connectivity index (χ4v) is 6.02. The van der Waals surface area contributed by atoms with Crippen LogP contribution in [0.25, 0.3) is 0 Å². The molecule has 1 saturated heterocycles. The Hall–Kier alpha value is -4.19. The maximum Gasteiger partial charge on any atom is 0.416 e. The number of hydrazone groups is 1. The second kappa shape index (κ2) is 15.4. The van der Waals surface area contributed by atoms with Gasteiger partial charge in [0.25, 0.3) is 0 Å². The average Bonchev–Trinajstić information content (AvgIpc) is 3.52. The Kier molecular flexibility index (Phi) is 11.9. The predicted octanol–water partition coefficient (Wildman–Crippen LogP) is 7.80. The normalized spacial score (nSPS) is 16.1. The number of alkyl halides is 9. The van der Waals surface area contributed by atoms with Gasteiger partial charge in [0.2, 0.25) is 11.9 Å². The van der Waals surface area contributed by atoms with Gasteiger partial charge in [0, 0.05) is 38.5 Å². The molecule has 274 valence electrons. The van der Waals surface area contributed by atoms with Crippen LogP contribution < -0.4 is 5.84 Å². The highest BCUT2D eigenvalue weighted by atomic mass is 19.4. The third kappa shape index (κ3) is 9.53. The van der Waals surface area contributed by atoms with Crippen LogP contribution in [0, 0.1) is 0 Å². The average molecular weight is 721 g/mol. The molecule has 0 aliphatic carbocycles. The minimum Gasteiger partial charge on any atom is -0.339 e. The molecule has 50 heavy (non-hydrogen) atoms. The van der Waals surface area contributed by atoms with Crippen LogP contribution in [0.4, 0.5) is 39.5 Å². The molecular formula is C32H37F9N8O. The van der Waals surface area contributed by atoms with E-state index in [1.807, 2.05) is 13.8 Å². The number of hydrogen-bond donors (Lipinski definition) is 1. The highest BCUT2D eigenvalue weighted by Crippen LogP contribution is 2.39. The summed E-state index contributed by atoms with van der Waals surface area (Å²) >= 11 is 0. The van der Waals surface area contributed by atoms with Crippen molar-refractivity contribution in [1.29, 1.82) is 0 Å². The molecular weight excluding hydrogens is 683 g/mol. The summed E-state index contributed by atoms with van der Waals surface area (Å²) in [6.45, 7) is 7.14. The van der Waals surface area contributed by atoms with E-state index in [0.29, 0.717) is 68.2 Å². The van der Waals surface area contributed by atoms with Gasteiger partial charge in [-0.05, 0) is 86.1 Å². The van der Waals surface area contributed by atoms with Crippen LogP contribution in [0.3, 0.4) is 0 Å². The standard InChI is InChI=1S/C32H37F9N8O/c1-5-26(48-11-9-20(10-12-48)28-44-27(6-2)46-50-28)25-8-7-22(30(33,34)35)15-21(25)18-49(29(43-3)45-47(4)42)17-19-13-23(31(36,37)38)16-24(14-19)32(39,40)41/h7-8,13-16,20,26H,3,5-6,9-12,17-18,42H2,1-2,4H3/b45-29-. The van der Waals surface area contributed by atoms with Crippen molar-refractivity contribution in [3.63, 3.8) is 0 Å². The van der Waals surface area contributed by atoms with E-state index in [-0.39, 0.29) is 23.5 Å². The predicted molar refractivity (Wildman–Crippen MR) is 166 cm³/mol. The Labute approximate surface area is 282 Å². The van der Waals surface area contributed by atoms with Crippen molar-refractivity contribution in [2.75, 3.05) is 20.1 Å². The van der Waals surface area contributed by atoms with Gasteiger partial charge in [-0.2, -0.15) is 44.5 Å². The number of nitrogens with two attached hydrogens (primary N) is 1. The molecule has 1 aliphatic rings. The van der Waals surface area contributed by atoms with Crippen molar-refractivity contribution in [3.05, 3.63) is 81.5 Å². The number of aromatic nitrogens is 2. The van der Waals surface area contributed by atoms with Crippen LogP contribution in [-0.2, 0) is 38.0 Å². The number of rotatable bonds is 10. The molecule has 9 nitrogen and oxygen atoms in total. The van der Waals surface area contributed by atoms with Crippen LogP contribution in [0.1, 0.15) is 90.2 Å². The molecule has 18 heteroatoms. The lowest BCUT2D eigenvalue weighted by Crippen LogP contribution is -2.37. The molecule has 2 heterocycles. The largest absolute Gasteiger partial charge is 0.416 e. The quantitative estimate of drug-likeness (QED) is 0.0751. The molecule has 3 aromatic rings. The van der Waals surface area contributed by atoms with Crippen molar-refractivity contribution in [2.24, 2.45) is 15.9 Å². The van der Waals surface area contributed by atoms with Gasteiger partial charge in [-0.1, -0.05) is 25.1 Å². The summed E-state index contributed by atoms with van der Waals surface area (Å²) in [6.07, 6.45) is -12.6. The number of likely N-dealkylation sites (tertiary alicyclic amines) is 1. The number of benzene rings is 2. The van der Waals surface area contributed by atoms with Gasteiger partial charge >= 0.3 is 18.5 Å². The summed E-state index contributed by atoms with van der Waals surface area (Å²) in [4.78, 5) is 11.4. The molecule has 0 radical (unpaired) electrons. The maximum absolute atomic E-state index is 14.0. The molecule has 1 atom stereocenters. The highest BCUT2D eigenvalue weighted by Gasteiger charge is 2.38. The second-order valence-electron chi connectivity index (χ2n) is 12.0. The zero-order chi connectivity index (χ0) is 37.0. The van der Waals surface area contributed by atoms with Crippen molar-refractivity contribution in [2.45, 2.75) is 83.1 Å². The molecule has 2 N–H and O–H groups in total. The van der Waals surface area contributed by atoms with Gasteiger partial charge in [-0.3, -0.25) is 4.90 Å². The maximum atomic E-state index is 14.0. The number of aryl methyl sites for hydroxylation is 1. The lowest BCUT2D eigenvalue weighted by Gasteiger charge is -2.38. The monoisotopic (exact) mass is 720 g/mol. The molecule has 2 aromatic carbocycles. The smallest absolute Gasteiger partial charge is 0.339 e. The van der Waals surface area contributed by atoms with E-state index in [1.165, 1.54) is 13.1 Å². The first-order chi connectivity index (χ1) is 23.3. The number of aliphatic imine (C=N–C) groups is 1. The van der Waals surface area contributed by atoms with Crippen LogP contribution in [0.5, 0.6) is 0 Å². The third-order valence-corrected chi connectivity index (χ3v) is 8.39. The van der Waals surface area contributed by atoms with E-state index in [2.05, 4.69) is 31.9 Å². The van der Waals surface area contributed by atoms with Crippen molar-refractivity contribution in [1.82, 2.24) is 25.1 Å². The van der Waals surface area contributed by atoms with E-state index in [0.717, 1.165) is 22.2 Å². The van der Waals surface area contributed by atoms with E-state index in [9.17, 15) is 39.5 Å². The van der Waals surface area contributed by atoms with Crippen LogP contribution in [0.15, 0.2) is 51.0 Å². The Bertz CT molecular complexity index is 1610. The van der Waals surface area contributed by atoms with E-state index in [4.69, 9.17) is 10.4 Å². The van der Waals surface area contributed by atoms with E-state index in [1.54, 1.807) is 0 Å². The fraction of sp³-hybridized carbons (Fsp3) is 0.500. The molecule has 1 aromatic heterocycles. The molecule has 0 amide bonds. The molecule has 1 fully saturated rings. The van der Waals surface area contributed by atoms with Gasteiger partial charge in [0.1, 0.15) is 0 Å². The Balaban J connectivity index is 1.76. The summed E-state index contributed by atoms with van der Waals surface area (Å²) in [5, 5.41) is 8.70. The van der Waals surface area contributed by atoms with Crippen LogP contribution in [0.2, 0.25) is 0 Å². The number of halogens is 9. The van der Waals surface area contributed by atoms with E-state index < -0.39 is 59.9 Å². The molecule has 0 spiro atoms. The summed E-state index contributed by atoms with van der Waals surface area (Å²) < 4.78 is 130. The minimum atomic E-state index is -5.12. The van der Waals surface area contributed by atoms with Crippen molar-refractivity contribution >= 4 is 12.7 Å². The van der Waals surface area contributed by atoms with Gasteiger partial charge in [-0.25, -0.2) is 16.0 Å². The first kappa shape index (κ1) is 38.6. The van der Waals surface area contributed by atoms with Gasteiger partial charge in [0.05, 0.1) is 16.7 Å². The lowest BCUT2D eigenvalue weighted by atomic mass is 9.90. The highest BCUT2D eigenvalue weighted by molar-refractivity contribution is 5.84. The Morgan fingerprint density at radius 2 is 1.54 bits per heavy atom. The third-order valence-electron chi connectivity index (χ3n) is 8.39. The first-order valence-corrected chi connectivity index (χ1v) is 15.7. The van der Waals surface area contributed by atoms with Crippen molar-refractivity contribution in [3.8, 4) is 0 Å². The fourth-order valence-electron chi connectivity index (χ4n) is 6.02. The van der Waals surface area contributed by atoms with Gasteiger partial charge < -0.3 is 9.42 Å². The number of hydrogen-bond acceptors (Lipinski definition) is 7. The Morgan fingerprint density at radius 1 is 0.940 bits per heavy atom. The zero-order valence-corrected chi connectivity index (χ0v) is 27.5. The minimum absolute atomic E-state index is 0.00105. The lowest BCUT2D eigenvalue weighted by molar-refractivity contribution is -0.143. The Morgan fingerprint density at radius 3 is 2.02 bits per heavy atom. The first-order valence-electron chi connectivity index (χ1n) is 15.7. The molecule has 4 rings (SSSR count). The number of hydrazine groups is 1. The van der Waals surface area contributed by atoms with Crippen LogP contribution in [-0.4, -0.2) is 57.9 Å². The molecule has 1 unspecified atom stereocenters.